The van der Waals surface area contributed by atoms with E-state index in [4.69, 9.17) is 0 Å². The van der Waals surface area contributed by atoms with E-state index in [2.05, 4.69) is 4.98 Å². The predicted molar refractivity (Wildman–Crippen MR) is 81.8 cm³/mol. The molecule has 1 saturated heterocycles. The van der Waals surface area contributed by atoms with Crippen molar-refractivity contribution in [2.24, 2.45) is 5.92 Å². The van der Waals surface area contributed by atoms with E-state index in [0.717, 1.165) is 10.00 Å². The molecular weight excluding hydrogens is 306 g/mol. The summed E-state index contributed by atoms with van der Waals surface area (Å²) in [6.45, 7) is 2.13. The molecule has 1 amide bonds. The number of likely N-dealkylation sites (tertiary alicyclic amines) is 1. The maximum Gasteiger partial charge on any atom is 0.272 e. The van der Waals surface area contributed by atoms with Crippen molar-refractivity contribution in [2.75, 3.05) is 32.9 Å². The molecule has 1 aromatic rings. The maximum atomic E-state index is 12.4. The summed E-state index contributed by atoms with van der Waals surface area (Å²) in [7, 11) is -0.506. The normalized spacial score (nSPS) is 22.3. The Hall–Kier alpha value is -1.51. The van der Waals surface area contributed by atoms with Crippen LogP contribution in [0.1, 0.15) is 16.2 Å². The van der Waals surface area contributed by atoms with Gasteiger partial charge in [0.25, 0.3) is 5.91 Å². The highest BCUT2D eigenvalue weighted by atomic mass is 32.2. The second-order valence-electron chi connectivity index (χ2n) is 5.76. The minimum Gasteiger partial charge on any atom is -0.391 e. The van der Waals surface area contributed by atoms with E-state index in [9.17, 15) is 18.3 Å². The van der Waals surface area contributed by atoms with Crippen molar-refractivity contribution in [3.8, 4) is 0 Å². The van der Waals surface area contributed by atoms with Crippen LogP contribution in [0, 0.1) is 12.8 Å². The Bertz CT molecular complexity index is 660. The number of aryl methyl sites for hydroxylation is 1. The molecule has 1 aliphatic heterocycles. The zero-order valence-corrected chi connectivity index (χ0v) is 13.7. The van der Waals surface area contributed by atoms with E-state index in [1.165, 1.54) is 19.0 Å². The van der Waals surface area contributed by atoms with Crippen molar-refractivity contribution in [3.63, 3.8) is 0 Å². The van der Waals surface area contributed by atoms with Crippen LogP contribution in [0.25, 0.3) is 0 Å². The SMILES string of the molecule is Cc1cccc(C(=O)N2C[C@@H](CS(=O)(=O)N(C)C)[C@@H](O)C2)n1. The third kappa shape index (κ3) is 3.63. The number of sulfonamides is 1. The first-order chi connectivity index (χ1) is 10.2. The first kappa shape index (κ1) is 16.9. The molecule has 1 fully saturated rings. The monoisotopic (exact) mass is 327 g/mol. The number of amides is 1. The van der Waals surface area contributed by atoms with Crippen LogP contribution in [0.15, 0.2) is 18.2 Å². The fraction of sp³-hybridized carbons (Fsp3) is 0.571. The predicted octanol–water partition coefficient (Wildman–Crippen LogP) is -0.286. The van der Waals surface area contributed by atoms with Crippen LogP contribution in [0.5, 0.6) is 0 Å². The molecule has 0 aliphatic carbocycles. The fourth-order valence-corrected chi connectivity index (χ4v) is 3.59. The van der Waals surface area contributed by atoms with Crippen LogP contribution in [0.2, 0.25) is 0 Å². The van der Waals surface area contributed by atoms with Crippen LogP contribution in [-0.4, -0.2) is 72.7 Å². The van der Waals surface area contributed by atoms with Crippen molar-refractivity contribution in [2.45, 2.75) is 13.0 Å². The lowest BCUT2D eigenvalue weighted by Crippen LogP contribution is -2.33. The lowest BCUT2D eigenvalue weighted by Gasteiger charge is -2.18. The highest BCUT2D eigenvalue weighted by molar-refractivity contribution is 7.89. The molecule has 1 N–H and O–H groups in total. The Kier molecular flexibility index (Phi) is 4.84. The van der Waals surface area contributed by atoms with Crippen LogP contribution >= 0.6 is 0 Å². The molecule has 122 valence electrons. The molecule has 22 heavy (non-hydrogen) atoms. The molecule has 2 rings (SSSR count). The van der Waals surface area contributed by atoms with E-state index in [1.807, 2.05) is 0 Å². The Balaban J connectivity index is 2.09. The van der Waals surface area contributed by atoms with Gasteiger partial charge in [0.05, 0.1) is 11.9 Å². The van der Waals surface area contributed by atoms with Gasteiger partial charge in [-0.1, -0.05) is 6.07 Å². The first-order valence-electron chi connectivity index (χ1n) is 7.02. The van der Waals surface area contributed by atoms with E-state index in [-0.39, 0.29) is 24.7 Å². The fourth-order valence-electron chi connectivity index (χ4n) is 2.43. The van der Waals surface area contributed by atoms with Gasteiger partial charge in [0.1, 0.15) is 5.69 Å². The quantitative estimate of drug-likeness (QED) is 0.821. The zero-order valence-electron chi connectivity index (χ0n) is 12.9. The van der Waals surface area contributed by atoms with Crippen molar-refractivity contribution in [1.29, 1.82) is 0 Å². The van der Waals surface area contributed by atoms with Gasteiger partial charge in [0.2, 0.25) is 10.0 Å². The second kappa shape index (κ2) is 6.31. The largest absolute Gasteiger partial charge is 0.391 e. The highest BCUT2D eigenvalue weighted by Gasteiger charge is 2.37. The van der Waals surface area contributed by atoms with Gasteiger partial charge < -0.3 is 10.0 Å². The number of rotatable bonds is 4. The van der Waals surface area contributed by atoms with E-state index in [0.29, 0.717) is 5.69 Å². The number of pyridine rings is 1. The van der Waals surface area contributed by atoms with Crippen molar-refractivity contribution in [1.82, 2.24) is 14.2 Å². The second-order valence-corrected chi connectivity index (χ2v) is 7.99. The Morgan fingerprint density at radius 2 is 2.09 bits per heavy atom. The number of β-amino-alcohol motifs (C(OH)–C–C–N with tert-alkyl or cyclic N) is 1. The standard InChI is InChI=1S/C14H21N3O4S/c1-10-5-4-6-12(15-10)14(19)17-7-11(13(18)8-17)9-22(20,21)16(2)3/h4-6,11,13,18H,7-9H2,1-3H3/t11-,13-/m0/s1. The van der Waals surface area contributed by atoms with Gasteiger partial charge in [-0.25, -0.2) is 17.7 Å². The number of aromatic nitrogens is 1. The molecule has 2 heterocycles. The summed E-state index contributed by atoms with van der Waals surface area (Å²) in [5.74, 6) is -0.944. The average molecular weight is 327 g/mol. The number of hydrogen-bond acceptors (Lipinski definition) is 5. The lowest BCUT2D eigenvalue weighted by molar-refractivity contribution is 0.0759. The number of hydrogen-bond donors (Lipinski definition) is 1. The van der Waals surface area contributed by atoms with Gasteiger partial charge in [0, 0.05) is 38.8 Å². The smallest absolute Gasteiger partial charge is 0.272 e. The van der Waals surface area contributed by atoms with E-state index in [1.54, 1.807) is 25.1 Å². The first-order valence-corrected chi connectivity index (χ1v) is 8.63. The number of aliphatic hydroxyl groups is 1. The summed E-state index contributed by atoms with van der Waals surface area (Å²) in [5, 5.41) is 10.1. The molecule has 0 bridgehead atoms. The Morgan fingerprint density at radius 1 is 1.41 bits per heavy atom. The Morgan fingerprint density at radius 3 is 2.68 bits per heavy atom. The summed E-state index contributed by atoms with van der Waals surface area (Å²) in [6, 6.07) is 5.16. The van der Waals surface area contributed by atoms with E-state index < -0.39 is 22.0 Å². The molecule has 0 aromatic carbocycles. The van der Waals surface area contributed by atoms with Crippen molar-refractivity contribution < 1.29 is 18.3 Å². The topological polar surface area (TPSA) is 90.8 Å². The van der Waals surface area contributed by atoms with Crippen LogP contribution in [0.4, 0.5) is 0 Å². The molecule has 8 heteroatoms. The molecule has 0 saturated carbocycles. The number of carbonyl (C=O) groups is 1. The summed E-state index contributed by atoms with van der Waals surface area (Å²) >= 11 is 0. The number of carbonyl (C=O) groups excluding carboxylic acids is 1. The van der Waals surface area contributed by atoms with Crippen molar-refractivity contribution >= 4 is 15.9 Å². The number of aliphatic hydroxyl groups excluding tert-OH is 1. The molecule has 7 nitrogen and oxygen atoms in total. The highest BCUT2D eigenvalue weighted by Crippen LogP contribution is 2.21. The Labute approximate surface area is 130 Å². The maximum absolute atomic E-state index is 12.4. The van der Waals surface area contributed by atoms with Crippen LogP contribution < -0.4 is 0 Å². The van der Waals surface area contributed by atoms with Crippen LogP contribution in [0.3, 0.4) is 0 Å². The molecule has 0 radical (unpaired) electrons. The van der Waals surface area contributed by atoms with Gasteiger partial charge in [-0.3, -0.25) is 4.79 Å². The third-order valence-electron chi connectivity index (χ3n) is 3.78. The van der Waals surface area contributed by atoms with Gasteiger partial charge in [0.15, 0.2) is 0 Å². The summed E-state index contributed by atoms with van der Waals surface area (Å²) < 4.78 is 25.0. The molecule has 0 unspecified atom stereocenters. The summed E-state index contributed by atoms with van der Waals surface area (Å²) in [4.78, 5) is 18.0. The van der Waals surface area contributed by atoms with Gasteiger partial charge >= 0.3 is 0 Å². The van der Waals surface area contributed by atoms with Gasteiger partial charge in [-0.15, -0.1) is 0 Å². The average Bonchev–Trinajstić information content (AvgIpc) is 2.78. The van der Waals surface area contributed by atoms with Crippen LogP contribution in [-0.2, 0) is 10.0 Å². The molecule has 0 spiro atoms. The third-order valence-corrected chi connectivity index (χ3v) is 5.74. The van der Waals surface area contributed by atoms with Crippen molar-refractivity contribution in [3.05, 3.63) is 29.6 Å². The zero-order chi connectivity index (χ0) is 16.5. The molecule has 1 aromatic heterocycles. The molecule has 1 aliphatic rings. The summed E-state index contributed by atoms with van der Waals surface area (Å²) in [5.41, 5.74) is 1.04. The van der Waals surface area contributed by atoms with Gasteiger partial charge in [-0.2, -0.15) is 0 Å². The number of nitrogens with zero attached hydrogens (tertiary/aromatic N) is 3. The summed E-state index contributed by atoms with van der Waals surface area (Å²) in [6.07, 6.45) is -0.844. The minimum atomic E-state index is -3.42. The molecule has 2 atom stereocenters. The van der Waals surface area contributed by atoms with E-state index >= 15 is 0 Å². The van der Waals surface area contributed by atoms with Gasteiger partial charge in [-0.05, 0) is 19.1 Å². The molecular formula is C14H21N3O4S. The lowest BCUT2D eigenvalue weighted by atomic mass is 10.1. The minimum absolute atomic E-state index is 0.127.